The van der Waals surface area contributed by atoms with Gasteiger partial charge in [-0.1, -0.05) is 29.8 Å². The van der Waals surface area contributed by atoms with Crippen molar-refractivity contribution in [2.45, 2.75) is 12.3 Å². The zero-order chi connectivity index (χ0) is 14.5. The summed E-state index contributed by atoms with van der Waals surface area (Å²) in [5.74, 6) is 0.0419. The highest BCUT2D eigenvalue weighted by Gasteiger charge is 2.17. The first-order valence-corrected chi connectivity index (χ1v) is 6.71. The lowest BCUT2D eigenvalue weighted by Gasteiger charge is -2.17. The molecule has 0 fully saturated rings. The van der Waals surface area contributed by atoms with E-state index in [2.05, 4.69) is 0 Å². The lowest BCUT2D eigenvalue weighted by atomic mass is 9.92. The molecule has 0 aliphatic heterocycles. The highest BCUT2D eigenvalue weighted by molar-refractivity contribution is 6.30. The van der Waals surface area contributed by atoms with Crippen LogP contribution in [0.15, 0.2) is 42.5 Å². The zero-order valence-electron chi connectivity index (χ0n) is 11.1. The molecule has 4 heteroatoms. The van der Waals surface area contributed by atoms with Crippen molar-refractivity contribution in [2.24, 2.45) is 0 Å². The Morgan fingerprint density at radius 2 is 2.00 bits per heavy atom. The van der Waals surface area contributed by atoms with Crippen molar-refractivity contribution in [3.63, 3.8) is 0 Å². The molecule has 1 unspecified atom stereocenters. The fourth-order valence-corrected chi connectivity index (χ4v) is 2.45. The Balaban J connectivity index is 2.31. The van der Waals surface area contributed by atoms with E-state index in [1.54, 1.807) is 43.5 Å². The van der Waals surface area contributed by atoms with Crippen LogP contribution in [0.4, 0.5) is 4.39 Å². The number of ether oxygens (including phenoxy) is 1. The first-order valence-electron chi connectivity index (χ1n) is 6.33. The van der Waals surface area contributed by atoms with Gasteiger partial charge in [-0.3, -0.25) is 0 Å². The summed E-state index contributed by atoms with van der Waals surface area (Å²) in [6.07, 6.45) is 0.459. The lowest BCUT2D eigenvalue weighted by Crippen LogP contribution is -2.10. The first-order chi connectivity index (χ1) is 9.65. The zero-order valence-corrected chi connectivity index (χ0v) is 11.9. The van der Waals surface area contributed by atoms with Crippen LogP contribution in [0, 0.1) is 5.82 Å². The molecule has 0 heterocycles. The highest BCUT2D eigenvalue weighted by Crippen LogP contribution is 2.29. The van der Waals surface area contributed by atoms with Crippen molar-refractivity contribution in [1.82, 2.24) is 0 Å². The van der Waals surface area contributed by atoms with Gasteiger partial charge < -0.3 is 9.84 Å². The number of halogens is 2. The Labute approximate surface area is 122 Å². The first kappa shape index (κ1) is 14.8. The molecule has 1 atom stereocenters. The molecule has 2 aromatic carbocycles. The minimum absolute atomic E-state index is 0.142. The van der Waals surface area contributed by atoms with Gasteiger partial charge in [-0.2, -0.15) is 0 Å². The van der Waals surface area contributed by atoms with Crippen molar-refractivity contribution in [3.8, 4) is 5.75 Å². The Morgan fingerprint density at radius 1 is 1.25 bits per heavy atom. The van der Waals surface area contributed by atoms with Gasteiger partial charge >= 0.3 is 0 Å². The average Bonchev–Trinajstić information content (AvgIpc) is 2.46. The van der Waals surface area contributed by atoms with E-state index >= 15 is 0 Å². The maximum Gasteiger partial charge on any atom is 0.126 e. The van der Waals surface area contributed by atoms with E-state index in [0.29, 0.717) is 22.8 Å². The van der Waals surface area contributed by atoms with Crippen LogP contribution in [0.5, 0.6) is 5.75 Å². The van der Waals surface area contributed by atoms with Crippen LogP contribution >= 0.6 is 11.6 Å². The lowest BCUT2D eigenvalue weighted by molar-refractivity contribution is 0.261. The molecule has 0 aromatic heterocycles. The minimum atomic E-state index is -0.330. The summed E-state index contributed by atoms with van der Waals surface area (Å²) in [5.41, 5.74) is 1.35. The molecule has 0 amide bonds. The van der Waals surface area contributed by atoms with Gasteiger partial charge in [0.05, 0.1) is 13.7 Å². The molecule has 1 N–H and O–H groups in total. The monoisotopic (exact) mass is 294 g/mol. The van der Waals surface area contributed by atoms with Crippen LogP contribution in [0.3, 0.4) is 0 Å². The molecule has 0 saturated heterocycles. The number of hydrogen-bond acceptors (Lipinski definition) is 2. The maximum atomic E-state index is 13.8. The SMILES string of the molecule is COc1ccc(Cl)cc1CC(CO)c1ccccc1F. The molecule has 0 radical (unpaired) electrons. The number of methoxy groups -OCH3 is 1. The van der Waals surface area contributed by atoms with Gasteiger partial charge in [0.15, 0.2) is 0 Å². The average molecular weight is 295 g/mol. The van der Waals surface area contributed by atoms with Crippen molar-refractivity contribution < 1.29 is 14.2 Å². The predicted molar refractivity (Wildman–Crippen MR) is 77.9 cm³/mol. The van der Waals surface area contributed by atoms with Crippen LogP contribution in [0.1, 0.15) is 17.0 Å². The molecule has 2 nitrogen and oxygen atoms in total. The second-order valence-corrected chi connectivity index (χ2v) is 5.00. The van der Waals surface area contributed by atoms with Gasteiger partial charge in [-0.15, -0.1) is 0 Å². The molecule has 0 aliphatic rings. The van der Waals surface area contributed by atoms with E-state index in [1.807, 2.05) is 0 Å². The van der Waals surface area contributed by atoms with Crippen LogP contribution in [0.25, 0.3) is 0 Å². The second-order valence-electron chi connectivity index (χ2n) is 4.56. The number of aliphatic hydroxyl groups excluding tert-OH is 1. The van der Waals surface area contributed by atoms with Crippen LogP contribution in [-0.4, -0.2) is 18.8 Å². The Kier molecular flexibility index (Phi) is 4.99. The molecule has 106 valence electrons. The van der Waals surface area contributed by atoms with Gasteiger partial charge in [0.25, 0.3) is 0 Å². The van der Waals surface area contributed by atoms with Crippen LogP contribution < -0.4 is 4.74 Å². The van der Waals surface area contributed by atoms with E-state index in [4.69, 9.17) is 16.3 Å². The van der Waals surface area contributed by atoms with Crippen LogP contribution in [0.2, 0.25) is 5.02 Å². The standard InChI is InChI=1S/C16H16ClFO2/c1-20-16-7-6-13(17)9-11(16)8-12(10-19)14-4-2-3-5-15(14)18/h2-7,9,12,19H,8,10H2,1H3. The van der Waals surface area contributed by atoms with Gasteiger partial charge in [0, 0.05) is 10.9 Å². The Hall–Kier alpha value is -1.58. The Bertz CT molecular complexity index is 586. The fraction of sp³-hybridized carbons (Fsp3) is 0.250. The third-order valence-electron chi connectivity index (χ3n) is 3.27. The quantitative estimate of drug-likeness (QED) is 0.909. The third-order valence-corrected chi connectivity index (χ3v) is 3.51. The molecule has 0 aliphatic carbocycles. The van der Waals surface area contributed by atoms with E-state index in [-0.39, 0.29) is 18.3 Å². The van der Waals surface area contributed by atoms with Crippen LogP contribution in [-0.2, 0) is 6.42 Å². The number of benzene rings is 2. The fourth-order valence-electron chi connectivity index (χ4n) is 2.25. The smallest absolute Gasteiger partial charge is 0.126 e. The molecular formula is C16H16ClFO2. The molecule has 0 saturated carbocycles. The molecular weight excluding hydrogens is 279 g/mol. The predicted octanol–water partition coefficient (Wildman–Crippen LogP) is 3.81. The van der Waals surface area contributed by atoms with E-state index in [9.17, 15) is 9.50 Å². The number of hydrogen-bond donors (Lipinski definition) is 1. The molecule has 2 aromatic rings. The largest absolute Gasteiger partial charge is 0.496 e. The summed E-state index contributed by atoms with van der Waals surface area (Å²) in [6, 6.07) is 11.8. The summed E-state index contributed by atoms with van der Waals surface area (Å²) in [4.78, 5) is 0. The third kappa shape index (κ3) is 3.30. The van der Waals surface area contributed by atoms with Gasteiger partial charge in [-0.25, -0.2) is 4.39 Å². The normalized spacial score (nSPS) is 12.2. The van der Waals surface area contributed by atoms with E-state index in [1.165, 1.54) is 6.07 Å². The molecule has 0 spiro atoms. The van der Waals surface area contributed by atoms with Gasteiger partial charge in [-0.05, 0) is 41.8 Å². The van der Waals surface area contributed by atoms with Crippen molar-refractivity contribution in [2.75, 3.05) is 13.7 Å². The number of rotatable bonds is 5. The molecule has 20 heavy (non-hydrogen) atoms. The van der Waals surface area contributed by atoms with Crippen molar-refractivity contribution >= 4 is 11.6 Å². The second kappa shape index (κ2) is 6.73. The minimum Gasteiger partial charge on any atom is -0.496 e. The summed E-state index contributed by atoms with van der Waals surface area (Å²) >= 11 is 5.99. The summed E-state index contributed by atoms with van der Waals surface area (Å²) in [5, 5.41) is 10.1. The Morgan fingerprint density at radius 3 is 2.65 bits per heavy atom. The molecule has 2 rings (SSSR count). The van der Waals surface area contributed by atoms with Crippen molar-refractivity contribution in [3.05, 3.63) is 64.4 Å². The highest BCUT2D eigenvalue weighted by atomic mass is 35.5. The maximum absolute atomic E-state index is 13.8. The topological polar surface area (TPSA) is 29.5 Å². The summed E-state index contributed by atoms with van der Waals surface area (Å²) < 4.78 is 19.1. The summed E-state index contributed by atoms with van der Waals surface area (Å²) in [6.45, 7) is -0.142. The van der Waals surface area contributed by atoms with E-state index < -0.39 is 0 Å². The van der Waals surface area contributed by atoms with Gasteiger partial charge in [0.1, 0.15) is 11.6 Å². The number of aliphatic hydroxyl groups is 1. The molecule has 0 bridgehead atoms. The summed E-state index contributed by atoms with van der Waals surface area (Å²) in [7, 11) is 1.57. The van der Waals surface area contributed by atoms with E-state index in [0.717, 1.165) is 5.56 Å². The van der Waals surface area contributed by atoms with Crippen molar-refractivity contribution in [1.29, 1.82) is 0 Å². The van der Waals surface area contributed by atoms with Gasteiger partial charge in [0.2, 0.25) is 0 Å².